The molecule has 1 aliphatic heterocycles. The maximum atomic E-state index is 12.5. The maximum absolute atomic E-state index is 12.5. The van der Waals surface area contributed by atoms with Crippen molar-refractivity contribution in [1.82, 2.24) is 0 Å². The Morgan fingerprint density at radius 1 is 1.30 bits per heavy atom. The fourth-order valence-corrected chi connectivity index (χ4v) is 3.52. The number of benzene rings is 1. The van der Waals surface area contributed by atoms with Crippen LogP contribution in [-0.4, -0.2) is 18.5 Å². The molecule has 108 valence electrons. The van der Waals surface area contributed by atoms with Gasteiger partial charge in [0.25, 0.3) is 0 Å². The SMILES string of the molecule is COc1ccc2c(c1)C(=O)CC1(CCC(C)C(C)C1)O2. The molecule has 3 unspecified atom stereocenters. The van der Waals surface area contributed by atoms with Crippen molar-refractivity contribution in [2.45, 2.75) is 45.1 Å². The first-order valence-corrected chi connectivity index (χ1v) is 7.43. The van der Waals surface area contributed by atoms with Crippen molar-refractivity contribution in [2.24, 2.45) is 11.8 Å². The average Bonchev–Trinajstić information content (AvgIpc) is 2.43. The second-order valence-electron chi connectivity index (χ2n) is 6.44. The van der Waals surface area contributed by atoms with Gasteiger partial charge in [0.15, 0.2) is 5.78 Å². The number of hydrogen-bond donors (Lipinski definition) is 0. The molecule has 0 bridgehead atoms. The number of fused-ring (bicyclic) bond motifs is 1. The molecule has 1 fully saturated rings. The first-order chi connectivity index (χ1) is 9.53. The third-order valence-corrected chi connectivity index (χ3v) is 5.02. The standard InChI is InChI=1S/C17H22O3/c1-11-6-7-17(9-12(11)2)10-15(18)14-8-13(19-3)4-5-16(14)20-17/h4-5,8,11-12H,6-7,9-10H2,1-3H3. The van der Waals surface area contributed by atoms with Crippen molar-refractivity contribution in [3.8, 4) is 11.5 Å². The van der Waals surface area contributed by atoms with E-state index in [1.165, 1.54) is 0 Å². The summed E-state index contributed by atoms with van der Waals surface area (Å²) in [6.45, 7) is 4.56. The maximum Gasteiger partial charge on any atom is 0.170 e. The minimum atomic E-state index is -0.273. The van der Waals surface area contributed by atoms with Crippen molar-refractivity contribution in [1.29, 1.82) is 0 Å². The molecular weight excluding hydrogens is 252 g/mol. The van der Waals surface area contributed by atoms with Gasteiger partial charge in [-0.05, 0) is 49.3 Å². The van der Waals surface area contributed by atoms with Crippen LogP contribution in [0.3, 0.4) is 0 Å². The van der Waals surface area contributed by atoms with Gasteiger partial charge < -0.3 is 9.47 Å². The topological polar surface area (TPSA) is 35.5 Å². The number of hydrogen-bond acceptors (Lipinski definition) is 3. The van der Waals surface area contributed by atoms with Crippen molar-refractivity contribution in [3.05, 3.63) is 23.8 Å². The second-order valence-corrected chi connectivity index (χ2v) is 6.44. The Hall–Kier alpha value is -1.51. The van der Waals surface area contributed by atoms with Crippen LogP contribution >= 0.6 is 0 Å². The molecule has 1 aliphatic carbocycles. The molecule has 3 nitrogen and oxygen atoms in total. The van der Waals surface area contributed by atoms with Gasteiger partial charge in [-0.15, -0.1) is 0 Å². The van der Waals surface area contributed by atoms with Crippen LogP contribution in [0.1, 0.15) is 49.9 Å². The molecule has 1 heterocycles. The minimum Gasteiger partial charge on any atom is -0.497 e. The Morgan fingerprint density at radius 3 is 2.80 bits per heavy atom. The van der Waals surface area contributed by atoms with E-state index in [0.717, 1.165) is 30.9 Å². The van der Waals surface area contributed by atoms with E-state index >= 15 is 0 Å². The summed E-state index contributed by atoms with van der Waals surface area (Å²) in [5.41, 5.74) is 0.395. The summed E-state index contributed by atoms with van der Waals surface area (Å²) in [6, 6.07) is 5.52. The van der Waals surface area contributed by atoms with Gasteiger partial charge in [-0.2, -0.15) is 0 Å². The predicted molar refractivity (Wildman–Crippen MR) is 77.5 cm³/mol. The van der Waals surface area contributed by atoms with E-state index in [1.54, 1.807) is 13.2 Å². The number of rotatable bonds is 1. The Kier molecular flexibility index (Phi) is 3.23. The fraction of sp³-hybridized carbons (Fsp3) is 0.588. The number of carbonyl (C=O) groups is 1. The van der Waals surface area contributed by atoms with Gasteiger partial charge >= 0.3 is 0 Å². The highest BCUT2D eigenvalue weighted by Crippen LogP contribution is 2.45. The number of ketones is 1. The largest absolute Gasteiger partial charge is 0.497 e. The van der Waals surface area contributed by atoms with Gasteiger partial charge in [0.2, 0.25) is 0 Å². The number of ether oxygens (including phenoxy) is 2. The van der Waals surface area contributed by atoms with Crippen molar-refractivity contribution in [3.63, 3.8) is 0 Å². The van der Waals surface area contributed by atoms with Gasteiger partial charge in [-0.25, -0.2) is 0 Å². The molecule has 20 heavy (non-hydrogen) atoms. The molecule has 0 N–H and O–H groups in total. The smallest absolute Gasteiger partial charge is 0.170 e. The molecule has 2 aliphatic rings. The van der Waals surface area contributed by atoms with Crippen molar-refractivity contribution in [2.75, 3.05) is 7.11 Å². The molecule has 1 aromatic carbocycles. The Labute approximate surface area is 120 Å². The zero-order chi connectivity index (χ0) is 14.3. The monoisotopic (exact) mass is 274 g/mol. The van der Waals surface area contributed by atoms with E-state index < -0.39 is 0 Å². The van der Waals surface area contributed by atoms with Crippen LogP contribution in [0.2, 0.25) is 0 Å². The van der Waals surface area contributed by atoms with Crippen molar-refractivity contribution >= 4 is 5.78 Å². The van der Waals surface area contributed by atoms with Crippen LogP contribution in [0, 0.1) is 11.8 Å². The Morgan fingerprint density at radius 2 is 2.10 bits per heavy atom. The van der Waals surface area contributed by atoms with Gasteiger partial charge in [0.1, 0.15) is 17.1 Å². The normalized spacial score (nSPS) is 32.6. The minimum absolute atomic E-state index is 0.187. The summed E-state index contributed by atoms with van der Waals surface area (Å²) < 4.78 is 11.5. The van der Waals surface area contributed by atoms with Crippen LogP contribution < -0.4 is 9.47 Å². The van der Waals surface area contributed by atoms with Crippen LogP contribution in [0.4, 0.5) is 0 Å². The molecule has 3 rings (SSSR count). The predicted octanol–water partition coefficient (Wildman–Crippen LogP) is 3.86. The highest BCUT2D eigenvalue weighted by atomic mass is 16.5. The molecule has 1 spiro atoms. The van der Waals surface area contributed by atoms with Gasteiger partial charge in [0.05, 0.1) is 19.1 Å². The van der Waals surface area contributed by atoms with E-state index in [9.17, 15) is 4.79 Å². The first kappa shape index (κ1) is 13.5. The Balaban J connectivity index is 1.91. The molecule has 0 aromatic heterocycles. The van der Waals surface area contributed by atoms with Crippen molar-refractivity contribution < 1.29 is 14.3 Å². The fourth-order valence-electron chi connectivity index (χ4n) is 3.52. The van der Waals surface area contributed by atoms with Crippen LogP contribution in [0.15, 0.2) is 18.2 Å². The van der Waals surface area contributed by atoms with Crippen LogP contribution in [-0.2, 0) is 0 Å². The lowest BCUT2D eigenvalue weighted by Gasteiger charge is -2.45. The van der Waals surface area contributed by atoms with E-state index in [1.807, 2.05) is 12.1 Å². The lowest BCUT2D eigenvalue weighted by molar-refractivity contribution is -0.0153. The number of Topliss-reactive ketones (excluding diaryl/α,β-unsaturated/α-hetero) is 1. The number of methoxy groups -OCH3 is 1. The summed E-state index contributed by atoms with van der Waals surface area (Å²) >= 11 is 0. The lowest BCUT2D eigenvalue weighted by Crippen LogP contribution is -2.47. The molecule has 1 saturated carbocycles. The third kappa shape index (κ3) is 2.19. The zero-order valence-corrected chi connectivity index (χ0v) is 12.4. The summed E-state index contributed by atoms with van der Waals surface area (Å²) in [6.07, 6.45) is 3.60. The summed E-state index contributed by atoms with van der Waals surface area (Å²) in [4.78, 5) is 12.5. The summed E-state index contributed by atoms with van der Waals surface area (Å²) in [5.74, 6) is 2.95. The van der Waals surface area contributed by atoms with E-state index in [4.69, 9.17) is 9.47 Å². The zero-order valence-electron chi connectivity index (χ0n) is 12.4. The molecule has 3 atom stereocenters. The molecule has 1 aromatic rings. The quantitative estimate of drug-likeness (QED) is 0.780. The molecule has 0 amide bonds. The van der Waals surface area contributed by atoms with E-state index in [-0.39, 0.29) is 11.4 Å². The molecular formula is C17H22O3. The van der Waals surface area contributed by atoms with E-state index in [0.29, 0.717) is 23.7 Å². The van der Waals surface area contributed by atoms with Gasteiger partial charge in [0, 0.05) is 0 Å². The summed E-state index contributed by atoms with van der Waals surface area (Å²) in [7, 11) is 1.61. The molecule has 3 heteroatoms. The van der Waals surface area contributed by atoms with Gasteiger partial charge in [-0.3, -0.25) is 4.79 Å². The summed E-state index contributed by atoms with van der Waals surface area (Å²) in [5, 5.41) is 0. The lowest BCUT2D eigenvalue weighted by atomic mass is 9.70. The Bertz CT molecular complexity index is 537. The van der Waals surface area contributed by atoms with E-state index in [2.05, 4.69) is 13.8 Å². The van der Waals surface area contributed by atoms with Gasteiger partial charge in [-0.1, -0.05) is 13.8 Å². The molecule has 0 radical (unpaired) electrons. The first-order valence-electron chi connectivity index (χ1n) is 7.43. The number of carbonyl (C=O) groups excluding carboxylic acids is 1. The third-order valence-electron chi connectivity index (χ3n) is 5.02. The average molecular weight is 274 g/mol. The van der Waals surface area contributed by atoms with Crippen LogP contribution in [0.25, 0.3) is 0 Å². The highest BCUT2D eigenvalue weighted by molar-refractivity contribution is 6.00. The molecule has 0 saturated heterocycles. The second kappa shape index (κ2) is 4.80. The van der Waals surface area contributed by atoms with Crippen LogP contribution in [0.5, 0.6) is 11.5 Å². The highest BCUT2D eigenvalue weighted by Gasteiger charge is 2.44.